The first-order valence-corrected chi connectivity index (χ1v) is 8.88. The molecule has 0 N–H and O–H groups in total. The van der Waals surface area contributed by atoms with Gasteiger partial charge in [-0.05, 0) is 25.5 Å². The number of hydrogen-bond donors (Lipinski definition) is 0. The summed E-state index contributed by atoms with van der Waals surface area (Å²) < 4.78 is 1.99. The zero-order valence-electron chi connectivity index (χ0n) is 14.5. The smallest absolute Gasteiger partial charge is 0.180 e. The average molecular weight is 337 g/mol. The molecule has 1 aliphatic heterocycles. The summed E-state index contributed by atoms with van der Waals surface area (Å²) in [7, 11) is 0. The molecule has 1 aliphatic rings. The van der Waals surface area contributed by atoms with E-state index < -0.39 is 0 Å². The highest BCUT2D eigenvalue weighted by Crippen LogP contribution is 2.17. The van der Waals surface area contributed by atoms with Crippen LogP contribution in [0.25, 0.3) is 11.2 Å². The molecule has 4 rings (SSSR count). The van der Waals surface area contributed by atoms with Gasteiger partial charge >= 0.3 is 0 Å². The monoisotopic (exact) mass is 337 g/mol. The van der Waals surface area contributed by atoms with Crippen LogP contribution in [0.3, 0.4) is 0 Å². The summed E-state index contributed by atoms with van der Waals surface area (Å²) in [5.74, 6) is 0.994. The average Bonchev–Trinajstić information content (AvgIpc) is 2.98. The van der Waals surface area contributed by atoms with Crippen LogP contribution in [0.15, 0.2) is 36.9 Å². The molecule has 0 radical (unpaired) electrons. The Hall–Kier alpha value is -2.54. The quantitative estimate of drug-likeness (QED) is 0.725. The molecule has 4 heterocycles. The molecular formula is C18H23N7. The van der Waals surface area contributed by atoms with Gasteiger partial charge in [0.1, 0.15) is 11.3 Å². The van der Waals surface area contributed by atoms with E-state index >= 15 is 0 Å². The van der Waals surface area contributed by atoms with E-state index in [4.69, 9.17) is 0 Å². The van der Waals surface area contributed by atoms with Crippen LogP contribution in [0.1, 0.15) is 18.9 Å². The number of pyridine rings is 1. The van der Waals surface area contributed by atoms with Crippen molar-refractivity contribution in [2.75, 3.05) is 31.1 Å². The van der Waals surface area contributed by atoms with Gasteiger partial charge in [-0.1, -0.05) is 0 Å². The van der Waals surface area contributed by atoms with Crippen molar-refractivity contribution in [2.45, 2.75) is 26.4 Å². The molecule has 0 saturated carbocycles. The van der Waals surface area contributed by atoms with Crippen molar-refractivity contribution >= 4 is 17.0 Å². The maximum atomic E-state index is 4.68. The summed E-state index contributed by atoms with van der Waals surface area (Å²) >= 11 is 0. The van der Waals surface area contributed by atoms with E-state index in [1.165, 1.54) is 5.56 Å². The van der Waals surface area contributed by atoms with Crippen LogP contribution >= 0.6 is 0 Å². The lowest BCUT2D eigenvalue weighted by atomic mass is 10.3. The highest BCUT2D eigenvalue weighted by Gasteiger charge is 2.17. The minimum Gasteiger partial charge on any atom is -0.355 e. The van der Waals surface area contributed by atoms with E-state index in [2.05, 4.69) is 49.0 Å². The van der Waals surface area contributed by atoms with E-state index in [9.17, 15) is 0 Å². The van der Waals surface area contributed by atoms with Crippen molar-refractivity contribution in [1.29, 1.82) is 0 Å². The third-order valence-corrected chi connectivity index (χ3v) is 4.65. The van der Waals surface area contributed by atoms with Crippen LogP contribution < -0.4 is 4.90 Å². The molecule has 1 fully saturated rings. The molecule has 25 heavy (non-hydrogen) atoms. The van der Waals surface area contributed by atoms with Gasteiger partial charge in [-0.15, -0.1) is 0 Å². The van der Waals surface area contributed by atoms with Gasteiger partial charge in [-0.25, -0.2) is 9.97 Å². The number of fused-ring (bicyclic) bond motifs is 1. The van der Waals surface area contributed by atoms with Gasteiger partial charge in [0, 0.05) is 63.4 Å². The van der Waals surface area contributed by atoms with Crippen LogP contribution in [-0.2, 0) is 13.1 Å². The summed E-state index contributed by atoms with van der Waals surface area (Å²) in [6.45, 7) is 8.11. The fourth-order valence-corrected chi connectivity index (χ4v) is 3.30. The number of anilines is 1. The Morgan fingerprint density at radius 3 is 2.84 bits per heavy atom. The first-order valence-electron chi connectivity index (χ1n) is 8.88. The maximum absolute atomic E-state index is 4.68. The third-order valence-electron chi connectivity index (χ3n) is 4.65. The van der Waals surface area contributed by atoms with E-state index in [0.29, 0.717) is 5.65 Å². The topological polar surface area (TPSA) is 63.0 Å². The summed E-state index contributed by atoms with van der Waals surface area (Å²) in [4.78, 5) is 18.1. The Morgan fingerprint density at radius 1 is 1.04 bits per heavy atom. The zero-order valence-corrected chi connectivity index (χ0v) is 14.5. The zero-order chi connectivity index (χ0) is 17.1. The van der Waals surface area contributed by atoms with Gasteiger partial charge in [0.05, 0.1) is 6.20 Å². The standard InChI is InChI=1S/C18H23N7/c1-2-25-14-15(12-21-25)13-23-8-3-9-24(11-10-23)17-5-4-16-18(22-17)20-7-6-19-16/h4-7,12,14H,2-3,8-11,13H2,1H3. The molecule has 0 amide bonds. The van der Waals surface area contributed by atoms with Crippen LogP contribution in [-0.4, -0.2) is 55.8 Å². The number of nitrogens with zero attached hydrogens (tertiary/aromatic N) is 7. The maximum Gasteiger partial charge on any atom is 0.180 e. The molecule has 7 nitrogen and oxygen atoms in total. The van der Waals surface area contributed by atoms with Crippen molar-refractivity contribution < 1.29 is 0 Å². The fourth-order valence-electron chi connectivity index (χ4n) is 3.30. The van der Waals surface area contributed by atoms with Crippen LogP contribution in [0.5, 0.6) is 0 Å². The third kappa shape index (κ3) is 3.61. The van der Waals surface area contributed by atoms with Crippen LogP contribution in [0, 0.1) is 0 Å². The van der Waals surface area contributed by atoms with Gasteiger partial charge in [-0.3, -0.25) is 14.6 Å². The fraction of sp³-hybridized carbons (Fsp3) is 0.444. The second-order valence-corrected chi connectivity index (χ2v) is 6.39. The molecule has 3 aromatic rings. The van der Waals surface area contributed by atoms with Gasteiger partial charge < -0.3 is 4.90 Å². The van der Waals surface area contributed by atoms with Gasteiger partial charge in [0.2, 0.25) is 0 Å². The largest absolute Gasteiger partial charge is 0.355 e. The lowest BCUT2D eigenvalue weighted by molar-refractivity contribution is 0.285. The summed E-state index contributed by atoms with van der Waals surface area (Å²) in [6.07, 6.45) is 8.65. The van der Waals surface area contributed by atoms with E-state index in [0.717, 1.165) is 57.0 Å². The normalized spacial score (nSPS) is 16.3. The van der Waals surface area contributed by atoms with Crippen LogP contribution in [0.4, 0.5) is 5.82 Å². The predicted molar refractivity (Wildman–Crippen MR) is 97.3 cm³/mol. The minimum absolute atomic E-state index is 0.716. The summed E-state index contributed by atoms with van der Waals surface area (Å²) in [5.41, 5.74) is 2.85. The summed E-state index contributed by atoms with van der Waals surface area (Å²) in [5, 5.41) is 4.37. The van der Waals surface area contributed by atoms with E-state index in [-0.39, 0.29) is 0 Å². The second-order valence-electron chi connectivity index (χ2n) is 6.39. The molecule has 0 spiro atoms. The Balaban J connectivity index is 1.43. The van der Waals surface area contributed by atoms with Gasteiger partial charge in [0.25, 0.3) is 0 Å². The van der Waals surface area contributed by atoms with Crippen molar-refractivity contribution in [3.63, 3.8) is 0 Å². The highest BCUT2D eigenvalue weighted by atomic mass is 15.3. The molecule has 0 aromatic carbocycles. The Kier molecular flexibility index (Phi) is 4.56. The predicted octanol–water partition coefficient (Wildman–Crippen LogP) is 1.95. The molecule has 7 heteroatoms. The Labute approximate surface area is 147 Å². The SMILES string of the molecule is CCn1cc(CN2CCCN(c3ccc4nccnc4n3)CC2)cn1. The van der Waals surface area contributed by atoms with E-state index in [1.54, 1.807) is 12.4 Å². The lowest BCUT2D eigenvalue weighted by Crippen LogP contribution is -2.30. The molecule has 0 unspecified atom stereocenters. The van der Waals surface area contributed by atoms with Crippen molar-refractivity contribution in [1.82, 2.24) is 29.6 Å². The van der Waals surface area contributed by atoms with Crippen LogP contribution in [0.2, 0.25) is 0 Å². The molecule has 130 valence electrons. The molecule has 3 aromatic heterocycles. The second kappa shape index (κ2) is 7.14. The first kappa shape index (κ1) is 16.0. The van der Waals surface area contributed by atoms with Crippen molar-refractivity contribution in [3.8, 4) is 0 Å². The molecular weight excluding hydrogens is 314 g/mol. The van der Waals surface area contributed by atoms with E-state index in [1.807, 2.05) is 16.9 Å². The molecule has 0 aliphatic carbocycles. The van der Waals surface area contributed by atoms with Gasteiger partial charge in [0.15, 0.2) is 5.65 Å². The molecule has 0 atom stereocenters. The molecule has 1 saturated heterocycles. The van der Waals surface area contributed by atoms with Crippen molar-refractivity contribution in [2.24, 2.45) is 0 Å². The van der Waals surface area contributed by atoms with Gasteiger partial charge in [-0.2, -0.15) is 5.10 Å². The number of hydrogen-bond acceptors (Lipinski definition) is 6. The lowest BCUT2D eigenvalue weighted by Gasteiger charge is -2.22. The number of rotatable bonds is 4. The summed E-state index contributed by atoms with van der Waals surface area (Å²) in [6, 6.07) is 4.06. The number of aromatic nitrogens is 5. The first-order chi connectivity index (χ1) is 12.3. The Bertz CT molecular complexity index is 844. The molecule has 0 bridgehead atoms. The Morgan fingerprint density at radius 2 is 1.96 bits per heavy atom. The minimum atomic E-state index is 0.716. The van der Waals surface area contributed by atoms with Crippen molar-refractivity contribution in [3.05, 3.63) is 42.5 Å². The number of aryl methyl sites for hydroxylation is 1. The highest BCUT2D eigenvalue weighted by molar-refractivity contribution is 5.71.